The number of rotatable bonds is 6. The number of methoxy groups -OCH3 is 1. The molecule has 116 valence electrons. The van der Waals surface area contributed by atoms with Crippen molar-refractivity contribution >= 4 is 17.6 Å². The largest absolute Gasteiger partial charge is 0.497 e. The molecule has 0 bridgehead atoms. The highest BCUT2D eigenvalue weighted by Gasteiger charge is 2.14. The monoisotopic (exact) mass is 303 g/mol. The molecule has 0 saturated carbocycles. The number of hydrogen-bond acceptors (Lipinski definition) is 4. The van der Waals surface area contributed by atoms with Crippen molar-refractivity contribution in [2.45, 2.75) is 12.8 Å². The van der Waals surface area contributed by atoms with Gasteiger partial charge in [0.05, 0.1) is 18.4 Å². The van der Waals surface area contributed by atoms with Gasteiger partial charge in [0.25, 0.3) is 0 Å². The summed E-state index contributed by atoms with van der Waals surface area (Å²) >= 11 is 0. The fraction of sp³-hybridized carbons (Fsp3) is 0.267. The van der Waals surface area contributed by atoms with Crippen LogP contribution in [0, 0.1) is 0 Å². The lowest BCUT2D eigenvalue weighted by molar-refractivity contribution is -0.116. The molecule has 0 aliphatic carbocycles. The van der Waals surface area contributed by atoms with E-state index in [2.05, 4.69) is 10.4 Å². The molecule has 0 aliphatic rings. The highest BCUT2D eigenvalue weighted by molar-refractivity contribution is 6.00. The third-order valence-electron chi connectivity index (χ3n) is 3.26. The lowest BCUT2D eigenvalue weighted by Gasteiger charge is -2.10. The Morgan fingerprint density at radius 3 is 2.73 bits per heavy atom. The van der Waals surface area contributed by atoms with Crippen molar-refractivity contribution in [3.05, 3.63) is 41.7 Å². The van der Waals surface area contributed by atoms with E-state index < -0.39 is 5.97 Å². The van der Waals surface area contributed by atoms with Crippen LogP contribution in [-0.4, -0.2) is 33.9 Å². The minimum Gasteiger partial charge on any atom is -0.497 e. The van der Waals surface area contributed by atoms with Crippen LogP contribution in [-0.2, 0) is 18.3 Å². The molecular weight excluding hydrogens is 286 g/mol. The zero-order chi connectivity index (χ0) is 16.1. The summed E-state index contributed by atoms with van der Waals surface area (Å²) in [5, 5.41) is 15.8. The number of aromatic nitrogens is 2. The van der Waals surface area contributed by atoms with Crippen LogP contribution in [0.2, 0.25) is 0 Å². The highest BCUT2D eigenvalue weighted by Crippen LogP contribution is 2.22. The summed E-state index contributed by atoms with van der Waals surface area (Å²) in [5.74, 6) is -0.958. The van der Waals surface area contributed by atoms with Gasteiger partial charge in [-0.15, -0.1) is 0 Å². The third-order valence-corrected chi connectivity index (χ3v) is 3.26. The van der Waals surface area contributed by atoms with Gasteiger partial charge in [0.1, 0.15) is 5.75 Å². The quantitative estimate of drug-likeness (QED) is 0.847. The van der Waals surface area contributed by atoms with Crippen LogP contribution in [0.25, 0.3) is 0 Å². The molecule has 7 nitrogen and oxygen atoms in total. The highest BCUT2D eigenvalue weighted by atomic mass is 16.5. The number of anilines is 1. The topological polar surface area (TPSA) is 93.5 Å². The second-order valence-electron chi connectivity index (χ2n) is 4.71. The molecule has 0 unspecified atom stereocenters. The van der Waals surface area contributed by atoms with Gasteiger partial charge in [-0.1, -0.05) is 0 Å². The summed E-state index contributed by atoms with van der Waals surface area (Å²) in [6, 6.07) is 6.33. The van der Waals surface area contributed by atoms with Gasteiger partial charge in [-0.2, -0.15) is 5.10 Å². The summed E-state index contributed by atoms with van der Waals surface area (Å²) < 4.78 is 6.69. The van der Waals surface area contributed by atoms with Crippen LogP contribution in [0.3, 0.4) is 0 Å². The molecule has 22 heavy (non-hydrogen) atoms. The number of carboxylic acids is 1. The fourth-order valence-electron chi connectivity index (χ4n) is 2.04. The van der Waals surface area contributed by atoms with Gasteiger partial charge >= 0.3 is 5.97 Å². The third kappa shape index (κ3) is 3.63. The molecule has 0 saturated heterocycles. The molecule has 1 heterocycles. The van der Waals surface area contributed by atoms with Crippen LogP contribution in [0.4, 0.5) is 5.69 Å². The predicted molar refractivity (Wildman–Crippen MR) is 80.1 cm³/mol. The number of benzene rings is 1. The molecule has 1 aromatic heterocycles. The van der Waals surface area contributed by atoms with Gasteiger partial charge < -0.3 is 15.2 Å². The molecule has 0 spiro atoms. The Labute approximate surface area is 127 Å². The zero-order valence-corrected chi connectivity index (χ0v) is 12.4. The van der Waals surface area contributed by atoms with E-state index in [9.17, 15) is 14.7 Å². The molecule has 0 radical (unpaired) electrons. The van der Waals surface area contributed by atoms with Crippen molar-refractivity contribution in [3.8, 4) is 5.75 Å². The molecule has 0 fully saturated rings. The first-order valence-corrected chi connectivity index (χ1v) is 6.69. The lowest BCUT2D eigenvalue weighted by atomic mass is 10.1. The first-order valence-electron chi connectivity index (χ1n) is 6.69. The Morgan fingerprint density at radius 1 is 1.36 bits per heavy atom. The van der Waals surface area contributed by atoms with E-state index >= 15 is 0 Å². The summed E-state index contributed by atoms with van der Waals surface area (Å²) in [7, 11) is 3.26. The van der Waals surface area contributed by atoms with E-state index in [0.717, 1.165) is 5.69 Å². The molecule has 2 aromatic rings. The Morgan fingerprint density at radius 2 is 2.14 bits per heavy atom. The van der Waals surface area contributed by atoms with E-state index in [1.165, 1.54) is 19.2 Å². The predicted octanol–water partition coefficient (Wildman–Crippen LogP) is 1.70. The Kier molecular flexibility index (Phi) is 4.77. The van der Waals surface area contributed by atoms with Crippen LogP contribution >= 0.6 is 0 Å². The van der Waals surface area contributed by atoms with E-state index in [1.54, 1.807) is 24.0 Å². The van der Waals surface area contributed by atoms with Gasteiger partial charge in [0.15, 0.2) is 0 Å². The van der Waals surface area contributed by atoms with Crippen LogP contribution in [0.1, 0.15) is 22.5 Å². The minimum atomic E-state index is -1.12. The van der Waals surface area contributed by atoms with Crippen molar-refractivity contribution < 1.29 is 19.4 Å². The number of carboxylic acid groups (broad SMARTS) is 1. The number of hydrogen-bond donors (Lipinski definition) is 2. The van der Waals surface area contributed by atoms with Gasteiger partial charge in [-0.25, -0.2) is 4.79 Å². The van der Waals surface area contributed by atoms with Crippen molar-refractivity contribution in [1.29, 1.82) is 0 Å². The summed E-state index contributed by atoms with van der Waals surface area (Å²) in [6.07, 6.45) is 2.44. The van der Waals surface area contributed by atoms with E-state index in [-0.39, 0.29) is 23.6 Å². The fourth-order valence-corrected chi connectivity index (χ4v) is 2.04. The zero-order valence-electron chi connectivity index (χ0n) is 12.4. The molecule has 7 heteroatoms. The van der Waals surface area contributed by atoms with Crippen molar-refractivity contribution in [2.75, 3.05) is 12.4 Å². The smallest absolute Gasteiger partial charge is 0.337 e. The molecule has 1 amide bonds. The number of carbonyl (C=O) groups excluding carboxylic acids is 1. The van der Waals surface area contributed by atoms with Crippen molar-refractivity contribution in [3.63, 3.8) is 0 Å². The van der Waals surface area contributed by atoms with Gasteiger partial charge in [0, 0.05) is 25.4 Å². The van der Waals surface area contributed by atoms with Crippen LogP contribution in [0.5, 0.6) is 5.75 Å². The Bertz CT molecular complexity index is 694. The molecular formula is C15H17N3O4. The van der Waals surface area contributed by atoms with E-state index in [4.69, 9.17) is 4.74 Å². The van der Waals surface area contributed by atoms with Gasteiger partial charge in [-0.3, -0.25) is 9.48 Å². The maximum absolute atomic E-state index is 12.0. The van der Waals surface area contributed by atoms with E-state index in [1.807, 2.05) is 6.07 Å². The average Bonchev–Trinajstić information content (AvgIpc) is 2.90. The second-order valence-corrected chi connectivity index (χ2v) is 4.71. The number of nitrogens with zero attached hydrogens (tertiary/aromatic N) is 2. The minimum absolute atomic E-state index is 0.00627. The van der Waals surface area contributed by atoms with Crippen molar-refractivity contribution in [1.82, 2.24) is 9.78 Å². The summed E-state index contributed by atoms with van der Waals surface area (Å²) in [5.41, 5.74) is 1.18. The van der Waals surface area contributed by atoms with Crippen LogP contribution in [0.15, 0.2) is 30.5 Å². The molecule has 2 rings (SSSR count). The van der Waals surface area contributed by atoms with E-state index in [0.29, 0.717) is 12.2 Å². The average molecular weight is 303 g/mol. The number of nitrogens with one attached hydrogen (secondary N) is 1. The number of ether oxygens (including phenoxy) is 1. The molecule has 2 N–H and O–H groups in total. The number of aryl methyl sites for hydroxylation is 2. The molecule has 0 aliphatic heterocycles. The number of carbonyl (C=O) groups is 2. The maximum Gasteiger partial charge on any atom is 0.337 e. The Hall–Kier alpha value is -2.83. The normalized spacial score (nSPS) is 10.3. The number of aromatic carboxylic acids is 1. The second kappa shape index (κ2) is 6.75. The van der Waals surface area contributed by atoms with Crippen LogP contribution < -0.4 is 10.1 Å². The lowest BCUT2D eigenvalue weighted by Crippen LogP contribution is -2.16. The SMILES string of the molecule is COc1ccc(NC(=O)CCc2ccnn2C)c(C(=O)O)c1. The first-order chi connectivity index (χ1) is 10.5. The van der Waals surface area contributed by atoms with Crippen molar-refractivity contribution in [2.24, 2.45) is 7.05 Å². The Balaban J connectivity index is 2.05. The molecule has 1 aromatic carbocycles. The van der Waals surface area contributed by atoms with Gasteiger partial charge in [0.2, 0.25) is 5.91 Å². The summed E-state index contributed by atoms with van der Waals surface area (Å²) in [4.78, 5) is 23.2. The molecule has 0 atom stereocenters. The standard InChI is InChI=1S/C15H17N3O4/c1-18-10(7-8-16-18)3-6-14(19)17-13-5-4-11(22-2)9-12(13)15(20)21/h4-5,7-9H,3,6H2,1-2H3,(H,17,19)(H,20,21). The van der Waals surface area contributed by atoms with Gasteiger partial charge in [-0.05, 0) is 30.7 Å². The summed E-state index contributed by atoms with van der Waals surface area (Å²) in [6.45, 7) is 0. The first kappa shape index (κ1) is 15.6. The maximum atomic E-state index is 12.0. The number of amides is 1.